The number of aliphatic hydroxyl groups is 1. The van der Waals surface area contributed by atoms with Crippen molar-refractivity contribution < 1.29 is 27.8 Å². The fourth-order valence-electron chi connectivity index (χ4n) is 9.26. The minimum absolute atomic E-state index is 0.0165. The highest BCUT2D eigenvalue weighted by Crippen LogP contribution is 2.53. The molecule has 2 saturated carbocycles. The minimum Gasteiger partial charge on any atom is -0.393 e. The molecule has 4 heterocycles. The number of hydrogen-bond donors (Lipinski definition) is 3. The molecule has 0 aromatic heterocycles. The Labute approximate surface area is 236 Å². The largest absolute Gasteiger partial charge is 0.393 e. The number of ether oxygens (including phenoxy) is 1. The summed E-state index contributed by atoms with van der Waals surface area (Å²) in [6.45, 7) is 3.99. The van der Waals surface area contributed by atoms with Crippen LogP contribution in [0.25, 0.3) is 0 Å². The monoisotopic (exact) mass is 571 g/mol. The van der Waals surface area contributed by atoms with Crippen LogP contribution in [-0.4, -0.2) is 104 Å². The summed E-state index contributed by atoms with van der Waals surface area (Å²) in [6.07, 6.45) is 2.09. The summed E-state index contributed by atoms with van der Waals surface area (Å²) in [5.74, 6) is -2.48. The van der Waals surface area contributed by atoms with Crippen molar-refractivity contribution in [1.29, 1.82) is 0 Å². The van der Waals surface area contributed by atoms with Crippen LogP contribution >= 0.6 is 0 Å². The molecular formula is C29H48F3N5O3. The molecule has 4 aliphatic heterocycles. The normalized spacial score (nSPS) is 43.1. The molecule has 1 amide bonds. The van der Waals surface area contributed by atoms with Crippen LogP contribution in [0.5, 0.6) is 0 Å². The van der Waals surface area contributed by atoms with Gasteiger partial charge in [-0.25, -0.2) is 10.9 Å². The van der Waals surface area contributed by atoms with Crippen molar-refractivity contribution in [2.45, 2.75) is 82.3 Å². The molecule has 6 aliphatic rings. The second-order valence-electron chi connectivity index (χ2n) is 14.2. The molecule has 6 rings (SSSR count). The fourth-order valence-corrected chi connectivity index (χ4v) is 9.26. The van der Waals surface area contributed by atoms with Gasteiger partial charge in [0.2, 0.25) is 5.91 Å². The quantitative estimate of drug-likeness (QED) is 0.453. The Balaban J connectivity index is 1.15. The second-order valence-corrected chi connectivity index (χ2v) is 14.2. The van der Waals surface area contributed by atoms with Crippen molar-refractivity contribution in [3.8, 4) is 0 Å². The maximum Gasteiger partial charge on any atom is 0.392 e. The predicted octanol–water partition coefficient (Wildman–Crippen LogP) is 2.64. The molecule has 0 bridgehead atoms. The lowest BCUT2D eigenvalue weighted by atomic mass is 9.64. The Morgan fingerprint density at radius 3 is 2.58 bits per heavy atom. The predicted molar refractivity (Wildman–Crippen MR) is 143 cm³/mol. The second kappa shape index (κ2) is 11.3. The van der Waals surface area contributed by atoms with Gasteiger partial charge in [-0.1, -0.05) is 6.42 Å². The molecule has 4 saturated heterocycles. The number of hydrogen-bond acceptors (Lipinski definition) is 7. The van der Waals surface area contributed by atoms with Crippen LogP contribution in [0.4, 0.5) is 13.2 Å². The lowest BCUT2D eigenvalue weighted by Gasteiger charge is -2.52. The third-order valence-corrected chi connectivity index (χ3v) is 11.6. The smallest absolute Gasteiger partial charge is 0.392 e. The van der Waals surface area contributed by atoms with E-state index in [0.29, 0.717) is 31.7 Å². The Bertz CT molecular complexity index is 920. The van der Waals surface area contributed by atoms with Gasteiger partial charge in [-0.2, -0.15) is 13.2 Å². The number of fused-ring (bicyclic) bond motifs is 1. The summed E-state index contributed by atoms with van der Waals surface area (Å²) in [4.78, 5) is 20.2. The standard InChI is InChI=1S/C29H48F3N5O3/c1-35-7-6-25(38)19(13-35)8-18-9-22-23(24(10-18)29(30,31)32)14-37(27(22)39)21-5-3-4-20(11-21)28(15-40-16-28)12-26-34-33-17-36(26)2/h18-26,33-34,38H,3-17H2,1-2H3/t18?,19-,20?,21?,22?,23?,24?,25-,26?/m1/s1. The van der Waals surface area contributed by atoms with Crippen LogP contribution in [0.15, 0.2) is 0 Å². The van der Waals surface area contributed by atoms with Gasteiger partial charge in [-0.05, 0) is 89.1 Å². The number of rotatable bonds is 6. The molecule has 0 radical (unpaired) electrons. The van der Waals surface area contributed by atoms with E-state index in [-0.39, 0.29) is 48.3 Å². The summed E-state index contributed by atoms with van der Waals surface area (Å²) in [7, 11) is 4.10. The van der Waals surface area contributed by atoms with E-state index in [1.54, 1.807) is 0 Å². The summed E-state index contributed by atoms with van der Waals surface area (Å²) in [5.41, 5.74) is 6.63. The van der Waals surface area contributed by atoms with Crippen LogP contribution in [-0.2, 0) is 9.53 Å². The summed E-state index contributed by atoms with van der Waals surface area (Å²) in [6, 6.07) is 0.0165. The Morgan fingerprint density at radius 2 is 1.90 bits per heavy atom. The number of amides is 1. The average Bonchev–Trinajstić information content (AvgIpc) is 3.45. The van der Waals surface area contributed by atoms with E-state index in [2.05, 4.69) is 27.7 Å². The number of carbonyl (C=O) groups is 1. The van der Waals surface area contributed by atoms with Crippen LogP contribution in [0, 0.1) is 40.9 Å². The van der Waals surface area contributed by atoms with Gasteiger partial charge in [0.1, 0.15) is 0 Å². The molecule has 228 valence electrons. The molecule has 7 unspecified atom stereocenters. The van der Waals surface area contributed by atoms with Crippen molar-refractivity contribution in [2.24, 2.45) is 40.9 Å². The topological polar surface area (TPSA) is 80.3 Å². The first-order chi connectivity index (χ1) is 19.0. The Hall–Kier alpha value is -0.980. The van der Waals surface area contributed by atoms with E-state index in [1.807, 2.05) is 11.9 Å². The van der Waals surface area contributed by atoms with Gasteiger partial charge >= 0.3 is 6.18 Å². The zero-order chi connectivity index (χ0) is 28.2. The zero-order valence-corrected chi connectivity index (χ0v) is 24.0. The molecule has 8 nitrogen and oxygen atoms in total. The van der Waals surface area contributed by atoms with Gasteiger partial charge in [0.05, 0.1) is 38.1 Å². The van der Waals surface area contributed by atoms with Crippen LogP contribution in [0.2, 0.25) is 0 Å². The summed E-state index contributed by atoms with van der Waals surface area (Å²) < 4.78 is 49.1. The van der Waals surface area contributed by atoms with Gasteiger partial charge in [-0.3, -0.25) is 9.69 Å². The van der Waals surface area contributed by atoms with E-state index in [4.69, 9.17) is 4.74 Å². The minimum atomic E-state index is -4.31. The highest BCUT2D eigenvalue weighted by molar-refractivity contribution is 5.82. The van der Waals surface area contributed by atoms with E-state index in [0.717, 1.165) is 58.5 Å². The Kier molecular flexibility index (Phi) is 8.20. The highest BCUT2D eigenvalue weighted by atomic mass is 19.4. The summed E-state index contributed by atoms with van der Waals surface area (Å²) in [5, 5.41) is 10.6. The molecule has 40 heavy (non-hydrogen) atoms. The van der Waals surface area contributed by atoms with Gasteiger partial charge in [0, 0.05) is 37.0 Å². The summed E-state index contributed by atoms with van der Waals surface area (Å²) >= 11 is 0. The number of aliphatic hydroxyl groups excluding tert-OH is 1. The van der Waals surface area contributed by atoms with Crippen molar-refractivity contribution in [2.75, 3.05) is 53.6 Å². The lowest BCUT2D eigenvalue weighted by molar-refractivity contribution is -0.204. The number of hydrazine groups is 1. The average molecular weight is 572 g/mol. The molecule has 0 aromatic carbocycles. The number of carbonyl (C=O) groups excluding carboxylic acids is 1. The molecule has 3 N–H and O–H groups in total. The van der Waals surface area contributed by atoms with Crippen LogP contribution < -0.4 is 10.9 Å². The molecule has 2 aliphatic carbocycles. The SMILES string of the molecule is CN1CC[C@@H](O)[C@H](CC2CC3C(=O)N(C4CCCC(C5(CC6NNCN6C)COC5)C4)CC3C(C(F)(F)F)C2)C1. The van der Waals surface area contributed by atoms with E-state index in [1.165, 1.54) is 0 Å². The van der Waals surface area contributed by atoms with E-state index >= 15 is 0 Å². The number of alkyl halides is 3. The maximum absolute atomic E-state index is 14.4. The van der Waals surface area contributed by atoms with Gasteiger partial charge in [-0.15, -0.1) is 0 Å². The molecule has 6 fully saturated rings. The molecule has 0 spiro atoms. The fraction of sp³-hybridized carbons (Fsp3) is 0.966. The number of nitrogens with zero attached hydrogens (tertiary/aromatic N) is 3. The number of nitrogens with one attached hydrogen (secondary N) is 2. The zero-order valence-electron chi connectivity index (χ0n) is 24.0. The molecule has 9 atom stereocenters. The first kappa shape index (κ1) is 29.1. The number of halogens is 3. The van der Waals surface area contributed by atoms with Gasteiger partial charge in [0.25, 0.3) is 0 Å². The van der Waals surface area contributed by atoms with Crippen molar-refractivity contribution in [3.05, 3.63) is 0 Å². The first-order valence-electron chi connectivity index (χ1n) is 15.5. The van der Waals surface area contributed by atoms with Gasteiger partial charge < -0.3 is 19.6 Å². The number of likely N-dealkylation sites (tertiary alicyclic amines) is 2. The van der Waals surface area contributed by atoms with Crippen LogP contribution in [0.1, 0.15) is 57.8 Å². The maximum atomic E-state index is 14.4. The third kappa shape index (κ3) is 5.55. The van der Waals surface area contributed by atoms with Crippen molar-refractivity contribution in [3.63, 3.8) is 0 Å². The van der Waals surface area contributed by atoms with E-state index in [9.17, 15) is 23.1 Å². The highest BCUT2D eigenvalue weighted by Gasteiger charge is 2.58. The van der Waals surface area contributed by atoms with Gasteiger partial charge in [0.15, 0.2) is 0 Å². The van der Waals surface area contributed by atoms with E-state index < -0.39 is 30.0 Å². The number of piperidine rings is 1. The lowest BCUT2D eigenvalue weighted by Crippen LogP contribution is -2.56. The van der Waals surface area contributed by atoms with Crippen LogP contribution in [0.3, 0.4) is 0 Å². The molecule has 11 heteroatoms. The first-order valence-corrected chi connectivity index (χ1v) is 15.5. The molecular weight excluding hydrogens is 523 g/mol. The van der Waals surface area contributed by atoms with Crippen molar-refractivity contribution >= 4 is 5.91 Å². The Morgan fingerprint density at radius 1 is 1.10 bits per heavy atom. The third-order valence-electron chi connectivity index (χ3n) is 11.6. The molecule has 0 aromatic rings. The van der Waals surface area contributed by atoms with Crippen molar-refractivity contribution in [1.82, 2.24) is 25.6 Å².